The van der Waals surface area contributed by atoms with E-state index >= 15 is 0 Å². The number of rotatable bonds is 2. The summed E-state index contributed by atoms with van der Waals surface area (Å²) in [5.74, 6) is 0.0400. The fraction of sp³-hybridized carbons (Fsp3) is 0.250. The molecule has 0 aliphatic carbocycles. The van der Waals surface area contributed by atoms with Crippen LogP contribution in [0.2, 0.25) is 0 Å². The highest BCUT2D eigenvalue weighted by atomic mass is 31.1. The Bertz CT molecular complexity index is 312. The molecule has 12 heavy (non-hydrogen) atoms. The Kier molecular flexibility index (Phi) is 2.66. The van der Waals surface area contributed by atoms with Crippen molar-refractivity contribution in [3.05, 3.63) is 18.2 Å². The van der Waals surface area contributed by atoms with Gasteiger partial charge in [-0.15, -0.1) is 0 Å². The van der Waals surface area contributed by atoms with Gasteiger partial charge in [-0.1, -0.05) is 4.57 Å². The van der Waals surface area contributed by atoms with Crippen LogP contribution in [-0.2, 0) is 4.57 Å². The molecule has 0 spiro atoms. The maximum Gasteiger partial charge on any atom is 0.376 e. The quantitative estimate of drug-likeness (QED) is 0.415. The fourth-order valence-corrected chi connectivity index (χ4v) is 1.77. The van der Waals surface area contributed by atoms with Gasteiger partial charge < -0.3 is 10.8 Å². The van der Waals surface area contributed by atoms with Crippen LogP contribution in [0.3, 0.4) is 0 Å². The van der Waals surface area contributed by atoms with Crippen LogP contribution in [0.4, 0.5) is 5.69 Å². The number of benzene rings is 1. The van der Waals surface area contributed by atoms with Gasteiger partial charge in [-0.2, -0.15) is 0 Å². The Morgan fingerprint density at radius 2 is 2.25 bits per heavy atom. The first-order valence-electron chi connectivity index (χ1n) is 3.68. The molecule has 0 amide bonds. The van der Waals surface area contributed by atoms with E-state index in [9.17, 15) is 4.57 Å². The molecule has 1 unspecified atom stereocenters. The van der Waals surface area contributed by atoms with Crippen LogP contribution in [0.15, 0.2) is 18.2 Å². The standard InChI is InChI=1S/C8H10NO2P/c1-2-12(11)6-3-4-8(10)7(9)5-6/h3-5H,2,9H2,1H3/p+1. The second kappa shape index (κ2) is 3.55. The van der Waals surface area contributed by atoms with Crippen LogP contribution in [-0.4, -0.2) is 11.3 Å². The number of anilines is 1. The molecule has 1 aromatic carbocycles. The van der Waals surface area contributed by atoms with E-state index in [1.54, 1.807) is 12.1 Å². The van der Waals surface area contributed by atoms with E-state index in [0.717, 1.165) is 0 Å². The van der Waals surface area contributed by atoms with Gasteiger partial charge in [0.25, 0.3) is 0 Å². The second-order valence-electron chi connectivity index (χ2n) is 2.44. The van der Waals surface area contributed by atoms with E-state index in [2.05, 4.69) is 0 Å². The van der Waals surface area contributed by atoms with Crippen molar-refractivity contribution in [3.63, 3.8) is 0 Å². The lowest BCUT2D eigenvalue weighted by atomic mass is 10.3. The first-order chi connectivity index (χ1) is 5.65. The minimum Gasteiger partial charge on any atom is -0.506 e. The summed E-state index contributed by atoms with van der Waals surface area (Å²) in [4.78, 5) is 0. The molecule has 0 saturated heterocycles. The zero-order valence-electron chi connectivity index (χ0n) is 6.82. The number of nitrogens with two attached hydrogens (primary N) is 1. The van der Waals surface area contributed by atoms with Crippen molar-refractivity contribution in [3.8, 4) is 5.75 Å². The van der Waals surface area contributed by atoms with Crippen molar-refractivity contribution in [1.82, 2.24) is 0 Å². The maximum atomic E-state index is 11.3. The van der Waals surface area contributed by atoms with Crippen molar-refractivity contribution >= 4 is 18.8 Å². The molecule has 3 N–H and O–H groups in total. The molecule has 64 valence electrons. The summed E-state index contributed by atoms with van der Waals surface area (Å²) in [7, 11) is -1.34. The van der Waals surface area contributed by atoms with Gasteiger partial charge in [0.2, 0.25) is 0 Å². The van der Waals surface area contributed by atoms with Crippen molar-refractivity contribution in [2.75, 3.05) is 11.9 Å². The fourth-order valence-electron chi connectivity index (χ4n) is 0.880. The van der Waals surface area contributed by atoms with Gasteiger partial charge in [-0.25, -0.2) is 0 Å². The predicted molar refractivity (Wildman–Crippen MR) is 50.3 cm³/mol. The summed E-state index contributed by atoms with van der Waals surface area (Å²) < 4.78 is 11.3. The molecule has 0 aliphatic rings. The number of hydrogen-bond acceptors (Lipinski definition) is 3. The molecule has 0 saturated carbocycles. The van der Waals surface area contributed by atoms with Crippen LogP contribution in [0.1, 0.15) is 6.92 Å². The third-order valence-electron chi connectivity index (χ3n) is 1.59. The molecule has 0 fully saturated rings. The molecule has 0 radical (unpaired) electrons. The Morgan fingerprint density at radius 1 is 1.58 bits per heavy atom. The summed E-state index contributed by atoms with van der Waals surface area (Å²) in [6, 6.07) is 4.65. The third kappa shape index (κ3) is 1.74. The molecule has 1 aromatic rings. The zero-order valence-corrected chi connectivity index (χ0v) is 7.71. The largest absolute Gasteiger partial charge is 0.506 e. The Hall–Kier alpha value is -1.08. The number of phenols is 1. The van der Waals surface area contributed by atoms with Crippen molar-refractivity contribution in [2.45, 2.75) is 6.92 Å². The van der Waals surface area contributed by atoms with Crippen LogP contribution >= 0.6 is 7.80 Å². The Labute approximate surface area is 72.0 Å². The molecule has 0 aromatic heterocycles. The zero-order chi connectivity index (χ0) is 9.14. The number of aromatic hydroxyl groups is 1. The molecule has 3 nitrogen and oxygen atoms in total. The lowest BCUT2D eigenvalue weighted by Crippen LogP contribution is -1.99. The van der Waals surface area contributed by atoms with Crippen LogP contribution in [0.25, 0.3) is 0 Å². The van der Waals surface area contributed by atoms with Crippen molar-refractivity contribution in [1.29, 1.82) is 0 Å². The van der Waals surface area contributed by atoms with Crippen molar-refractivity contribution in [2.24, 2.45) is 0 Å². The molecule has 1 atom stereocenters. The number of nitrogen functional groups attached to an aromatic ring is 1. The number of phenolic OH excluding ortho intramolecular Hbond substituents is 1. The maximum absolute atomic E-state index is 11.3. The van der Waals surface area contributed by atoms with E-state index in [0.29, 0.717) is 11.5 Å². The smallest absolute Gasteiger partial charge is 0.376 e. The summed E-state index contributed by atoms with van der Waals surface area (Å²) in [6.07, 6.45) is 0.597. The van der Waals surface area contributed by atoms with Crippen LogP contribution in [0, 0.1) is 0 Å². The summed E-state index contributed by atoms with van der Waals surface area (Å²) in [5.41, 5.74) is 5.72. The van der Waals surface area contributed by atoms with Gasteiger partial charge in [-0.05, 0) is 19.1 Å². The highest BCUT2D eigenvalue weighted by Gasteiger charge is 2.16. The lowest BCUT2D eigenvalue weighted by molar-refractivity contribution is 0.478. The molecule has 0 heterocycles. The SMILES string of the molecule is CC[P+](=O)c1ccc(O)c(N)c1. The van der Waals surface area contributed by atoms with Crippen LogP contribution in [0.5, 0.6) is 5.75 Å². The summed E-state index contributed by atoms with van der Waals surface area (Å²) in [5, 5.41) is 9.78. The first kappa shape index (κ1) is 9.01. The van der Waals surface area contributed by atoms with Gasteiger partial charge in [0.15, 0.2) is 5.30 Å². The monoisotopic (exact) mass is 184 g/mol. The molecule has 0 bridgehead atoms. The Morgan fingerprint density at radius 3 is 2.75 bits per heavy atom. The van der Waals surface area contributed by atoms with Gasteiger partial charge in [-0.3, -0.25) is 0 Å². The average molecular weight is 184 g/mol. The lowest BCUT2D eigenvalue weighted by Gasteiger charge is -1.95. The average Bonchev–Trinajstić information content (AvgIpc) is 2.08. The van der Waals surface area contributed by atoms with Crippen molar-refractivity contribution < 1.29 is 9.67 Å². The first-order valence-corrected chi connectivity index (χ1v) is 5.12. The summed E-state index contributed by atoms with van der Waals surface area (Å²) >= 11 is 0. The highest BCUT2D eigenvalue weighted by molar-refractivity contribution is 7.53. The predicted octanol–water partition coefficient (Wildman–Crippen LogP) is 1.45. The van der Waals surface area contributed by atoms with E-state index in [4.69, 9.17) is 10.8 Å². The van der Waals surface area contributed by atoms with E-state index in [-0.39, 0.29) is 11.4 Å². The van der Waals surface area contributed by atoms with Gasteiger partial charge in [0.05, 0.1) is 5.69 Å². The van der Waals surface area contributed by atoms with Crippen LogP contribution < -0.4 is 11.0 Å². The molecular weight excluding hydrogens is 173 g/mol. The van der Waals surface area contributed by atoms with Gasteiger partial charge in [0, 0.05) is 6.07 Å². The molecule has 0 aliphatic heterocycles. The van der Waals surface area contributed by atoms with Gasteiger partial charge in [0.1, 0.15) is 11.9 Å². The van der Waals surface area contributed by atoms with E-state index in [1.807, 2.05) is 6.92 Å². The number of hydrogen-bond donors (Lipinski definition) is 2. The minimum absolute atomic E-state index is 0.0400. The molecular formula is C8H11NO2P+. The molecule has 4 heteroatoms. The van der Waals surface area contributed by atoms with Gasteiger partial charge >= 0.3 is 7.80 Å². The summed E-state index contributed by atoms with van der Waals surface area (Å²) in [6.45, 7) is 1.85. The topological polar surface area (TPSA) is 63.3 Å². The Balaban J connectivity index is 3.05. The minimum atomic E-state index is -1.34. The molecule has 1 rings (SSSR count). The highest BCUT2D eigenvalue weighted by Crippen LogP contribution is 2.24. The van der Waals surface area contributed by atoms with E-state index in [1.165, 1.54) is 6.07 Å². The second-order valence-corrected chi connectivity index (χ2v) is 4.34. The third-order valence-corrected chi connectivity index (χ3v) is 3.01. The normalized spacial score (nSPS) is 11.2. The van der Waals surface area contributed by atoms with E-state index < -0.39 is 7.80 Å².